The first kappa shape index (κ1) is 19.6. The maximum atomic E-state index is 12.0. The van der Waals surface area contributed by atoms with Gasteiger partial charge >= 0.3 is 6.01 Å². The Morgan fingerprint density at radius 2 is 1.77 bits per heavy atom. The SMILES string of the molecule is Cc1cc(N2CCCC2)nc(Nc2ccc(NC(=O)COc3ncccn3)cc2)n1. The van der Waals surface area contributed by atoms with Crippen LogP contribution >= 0.6 is 0 Å². The highest BCUT2D eigenvalue weighted by atomic mass is 16.5. The van der Waals surface area contributed by atoms with Gasteiger partial charge in [0.1, 0.15) is 5.82 Å². The Hall–Kier alpha value is -3.75. The summed E-state index contributed by atoms with van der Waals surface area (Å²) in [6, 6.07) is 11.2. The third kappa shape index (κ3) is 5.19. The molecule has 1 amide bonds. The summed E-state index contributed by atoms with van der Waals surface area (Å²) in [6.07, 6.45) is 5.50. The van der Waals surface area contributed by atoms with Crippen LogP contribution in [0.15, 0.2) is 48.8 Å². The Kier molecular flexibility index (Phi) is 5.98. The van der Waals surface area contributed by atoms with E-state index in [4.69, 9.17) is 4.74 Å². The average Bonchev–Trinajstić information content (AvgIpc) is 3.29. The van der Waals surface area contributed by atoms with Gasteiger partial charge in [-0.2, -0.15) is 4.98 Å². The molecule has 0 radical (unpaired) electrons. The Labute approximate surface area is 174 Å². The number of ether oxygens (including phenoxy) is 1. The van der Waals surface area contributed by atoms with Crippen molar-refractivity contribution in [1.82, 2.24) is 19.9 Å². The second kappa shape index (κ2) is 9.17. The summed E-state index contributed by atoms with van der Waals surface area (Å²) < 4.78 is 5.24. The molecule has 9 nitrogen and oxygen atoms in total. The van der Waals surface area contributed by atoms with Gasteiger partial charge in [0, 0.05) is 48.6 Å². The predicted molar refractivity (Wildman–Crippen MR) is 114 cm³/mol. The monoisotopic (exact) mass is 405 g/mol. The van der Waals surface area contributed by atoms with Crippen LogP contribution < -0.4 is 20.3 Å². The van der Waals surface area contributed by atoms with Crippen LogP contribution in [0.2, 0.25) is 0 Å². The van der Waals surface area contributed by atoms with Gasteiger partial charge in [0.25, 0.3) is 5.91 Å². The normalized spacial score (nSPS) is 13.2. The van der Waals surface area contributed by atoms with Crippen LogP contribution in [0.25, 0.3) is 0 Å². The van der Waals surface area contributed by atoms with E-state index in [1.807, 2.05) is 25.1 Å². The third-order valence-corrected chi connectivity index (χ3v) is 4.57. The molecule has 2 N–H and O–H groups in total. The molecular weight excluding hydrogens is 382 g/mol. The lowest BCUT2D eigenvalue weighted by Crippen LogP contribution is -2.20. The molecule has 0 spiro atoms. The summed E-state index contributed by atoms with van der Waals surface area (Å²) in [5.74, 6) is 1.22. The van der Waals surface area contributed by atoms with E-state index in [0.717, 1.165) is 30.3 Å². The molecule has 154 valence electrons. The van der Waals surface area contributed by atoms with E-state index in [1.165, 1.54) is 12.8 Å². The number of anilines is 4. The number of carbonyl (C=O) groups excluding carboxylic acids is 1. The first-order valence-corrected chi connectivity index (χ1v) is 9.83. The Morgan fingerprint density at radius 3 is 2.50 bits per heavy atom. The molecule has 9 heteroatoms. The molecule has 4 rings (SSSR count). The van der Waals surface area contributed by atoms with Crippen LogP contribution in [-0.2, 0) is 4.79 Å². The van der Waals surface area contributed by atoms with E-state index in [-0.39, 0.29) is 18.5 Å². The fourth-order valence-corrected chi connectivity index (χ4v) is 3.17. The van der Waals surface area contributed by atoms with Crippen molar-refractivity contribution in [3.8, 4) is 6.01 Å². The largest absolute Gasteiger partial charge is 0.453 e. The number of hydrogen-bond donors (Lipinski definition) is 2. The molecule has 0 atom stereocenters. The summed E-state index contributed by atoms with van der Waals surface area (Å²) in [5, 5.41) is 6.01. The summed E-state index contributed by atoms with van der Waals surface area (Å²) in [6.45, 7) is 3.86. The highest BCUT2D eigenvalue weighted by Gasteiger charge is 2.15. The van der Waals surface area contributed by atoms with Crippen molar-refractivity contribution in [1.29, 1.82) is 0 Å². The summed E-state index contributed by atoms with van der Waals surface area (Å²) >= 11 is 0. The van der Waals surface area contributed by atoms with E-state index in [0.29, 0.717) is 11.6 Å². The zero-order valence-electron chi connectivity index (χ0n) is 16.7. The minimum absolute atomic E-state index is 0.165. The van der Waals surface area contributed by atoms with Crippen LogP contribution in [0, 0.1) is 6.92 Å². The van der Waals surface area contributed by atoms with Crippen molar-refractivity contribution in [3.63, 3.8) is 0 Å². The molecule has 0 aliphatic carbocycles. The van der Waals surface area contributed by atoms with E-state index >= 15 is 0 Å². The molecule has 0 saturated carbocycles. The van der Waals surface area contributed by atoms with Gasteiger partial charge in [-0.15, -0.1) is 0 Å². The van der Waals surface area contributed by atoms with Crippen molar-refractivity contribution in [2.24, 2.45) is 0 Å². The summed E-state index contributed by atoms with van der Waals surface area (Å²) in [5.41, 5.74) is 2.41. The first-order valence-electron chi connectivity index (χ1n) is 9.83. The molecule has 0 bridgehead atoms. The molecular formula is C21H23N7O2. The van der Waals surface area contributed by atoms with Gasteiger partial charge < -0.3 is 20.3 Å². The highest BCUT2D eigenvalue weighted by molar-refractivity contribution is 5.92. The highest BCUT2D eigenvalue weighted by Crippen LogP contribution is 2.22. The second-order valence-corrected chi connectivity index (χ2v) is 6.96. The standard InChI is InChI=1S/C21H23N7O2/c1-15-13-18(28-11-2-3-12-28)27-20(24-15)26-17-7-5-16(6-8-17)25-19(29)14-30-21-22-9-4-10-23-21/h4-10,13H,2-3,11-12,14H2,1H3,(H,25,29)(H,24,26,27). The summed E-state index contributed by atoms with van der Waals surface area (Å²) in [7, 11) is 0. The van der Waals surface area contributed by atoms with Crippen molar-refractivity contribution in [2.75, 3.05) is 35.2 Å². The van der Waals surface area contributed by atoms with Crippen LogP contribution in [0.5, 0.6) is 6.01 Å². The second-order valence-electron chi connectivity index (χ2n) is 6.96. The van der Waals surface area contributed by atoms with E-state index in [1.54, 1.807) is 30.6 Å². The van der Waals surface area contributed by atoms with Gasteiger partial charge in [0.05, 0.1) is 0 Å². The molecule has 1 aliphatic rings. The van der Waals surface area contributed by atoms with Crippen molar-refractivity contribution in [3.05, 3.63) is 54.5 Å². The van der Waals surface area contributed by atoms with Gasteiger partial charge in [0.2, 0.25) is 5.95 Å². The average molecular weight is 405 g/mol. The molecule has 1 aromatic carbocycles. The molecule has 2 aromatic heterocycles. The van der Waals surface area contributed by atoms with Crippen LogP contribution in [0.1, 0.15) is 18.5 Å². The zero-order valence-corrected chi connectivity index (χ0v) is 16.7. The molecule has 1 fully saturated rings. The first-order chi connectivity index (χ1) is 14.7. The number of carbonyl (C=O) groups is 1. The number of aryl methyl sites for hydroxylation is 1. The summed E-state index contributed by atoms with van der Waals surface area (Å²) in [4.78, 5) is 31.2. The molecule has 30 heavy (non-hydrogen) atoms. The lowest BCUT2D eigenvalue weighted by Gasteiger charge is -2.17. The van der Waals surface area contributed by atoms with E-state index < -0.39 is 0 Å². The number of hydrogen-bond acceptors (Lipinski definition) is 8. The molecule has 3 heterocycles. The maximum absolute atomic E-state index is 12.0. The number of amides is 1. The Bertz CT molecular complexity index is 990. The molecule has 1 aliphatic heterocycles. The molecule has 3 aromatic rings. The van der Waals surface area contributed by atoms with Crippen LogP contribution in [-0.4, -0.2) is 45.5 Å². The van der Waals surface area contributed by atoms with Crippen LogP contribution in [0.3, 0.4) is 0 Å². The maximum Gasteiger partial charge on any atom is 0.316 e. The predicted octanol–water partition coefficient (Wildman–Crippen LogP) is 2.94. The van der Waals surface area contributed by atoms with E-state index in [9.17, 15) is 4.79 Å². The topological polar surface area (TPSA) is 105 Å². The molecule has 1 saturated heterocycles. The fourth-order valence-electron chi connectivity index (χ4n) is 3.17. The van der Waals surface area contributed by atoms with Crippen molar-refractivity contribution in [2.45, 2.75) is 19.8 Å². The minimum Gasteiger partial charge on any atom is -0.453 e. The smallest absolute Gasteiger partial charge is 0.316 e. The lowest BCUT2D eigenvalue weighted by atomic mass is 10.3. The third-order valence-electron chi connectivity index (χ3n) is 4.57. The number of nitrogens with zero attached hydrogens (tertiary/aromatic N) is 5. The number of nitrogens with one attached hydrogen (secondary N) is 2. The minimum atomic E-state index is -0.291. The Morgan fingerprint density at radius 1 is 1.07 bits per heavy atom. The quantitative estimate of drug-likeness (QED) is 0.618. The number of aromatic nitrogens is 4. The van der Waals surface area contributed by atoms with Gasteiger partial charge in [0.15, 0.2) is 6.61 Å². The van der Waals surface area contributed by atoms with Gasteiger partial charge in [-0.25, -0.2) is 15.0 Å². The Balaban J connectivity index is 1.34. The number of benzene rings is 1. The van der Waals surface area contributed by atoms with E-state index in [2.05, 4.69) is 35.5 Å². The zero-order chi connectivity index (χ0) is 20.8. The van der Waals surface area contributed by atoms with Crippen molar-refractivity contribution < 1.29 is 9.53 Å². The van der Waals surface area contributed by atoms with Crippen LogP contribution in [0.4, 0.5) is 23.1 Å². The number of rotatable bonds is 7. The fraction of sp³-hybridized carbons (Fsp3) is 0.286. The van der Waals surface area contributed by atoms with Gasteiger partial charge in [-0.3, -0.25) is 4.79 Å². The van der Waals surface area contributed by atoms with Gasteiger partial charge in [-0.1, -0.05) is 0 Å². The lowest BCUT2D eigenvalue weighted by molar-refractivity contribution is -0.118. The van der Waals surface area contributed by atoms with Crippen molar-refractivity contribution >= 4 is 29.0 Å². The molecule has 0 unspecified atom stereocenters. The van der Waals surface area contributed by atoms with Gasteiger partial charge in [-0.05, 0) is 50.1 Å².